The van der Waals surface area contributed by atoms with E-state index in [1.54, 1.807) is 0 Å². The van der Waals surface area contributed by atoms with E-state index >= 15 is 0 Å². The van der Waals surface area contributed by atoms with Crippen LogP contribution in [-0.2, 0) is 20.8 Å². The normalized spacial score (nSPS) is 15.4. The number of hydrogen-bond donors (Lipinski definition) is 1. The third-order valence-corrected chi connectivity index (χ3v) is 8.96. The largest absolute Gasteiger partial charge is 0.487 e. The lowest BCUT2D eigenvalue weighted by atomic mass is 9.92. The maximum atomic E-state index is 13.4. The van der Waals surface area contributed by atoms with Gasteiger partial charge in [-0.2, -0.15) is 0 Å². The number of para-hydroxylation sites is 4. The summed E-state index contributed by atoms with van der Waals surface area (Å²) in [6.07, 6.45) is 1.37. The molecule has 49 heavy (non-hydrogen) atoms. The van der Waals surface area contributed by atoms with Crippen molar-refractivity contribution < 1.29 is 33.2 Å². The lowest BCUT2D eigenvalue weighted by Crippen LogP contribution is -2.47. The lowest BCUT2D eigenvalue weighted by molar-refractivity contribution is -0.142. The molecule has 0 radical (unpaired) electrons. The van der Waals surface area contributed by atoms with Gasteiger partial charge < -0.3 is 33.7 Å². The highest BCUT2D eigenvalue weighted by Gasteiger charge is 2.34. The highest BCUT2D eigenvalue weighted by molar-refractivity contribution is 6.23. The molecule has 6 aromatic carbocycles. The second-order valence-electron chi connectivity index (χ2n) is 12.4. The average Bonchev–Trinajstić information content (AvgIpc) is 3.14. The maximum absolute atomic E-state index is 13.4. The summed E-state index contributed by atoms with van der Waals surface area (Å²) in [6.45, 7) is 4.12. The fourth-order valence-electron chi connectivity index (χ4n) is 6.53. The topological polar surface area (TPSA) is 84.5 Å². The fraction of sp³-hybridized carbons (Fsp3) is 0.293. The van der Waals surface area contributed by atoms with Crippen molar-refractivity contribution in [3.63, 3.8) is 0 Å². The molecule has 0 saturated heterocycles. The predicted molar refractivity (Wildman–Crippen MR) is 191 cm³/mol. The third-order valence-electron chi connectivity index (χ3n) is 8.96. The van der Waals surface area contributed by atoms with Crippen LogP contribution in [0.4, 0.5) is 0 Å². The SMILES string of the molecule is CCCC1(OCC(=O)NCc2ccc3ccc4cccc5ccc2c3c45)COc2ccccc2OCCOCCOc2ccccc2OC1. The van der Waals surface area contributed by atoms with Crippen LogP contribution >= 0.6 is 0 Å². The van der Waals surface area contributed by atoms with Gasteiger partial charge in [0.15, 0.2) is 23.0 Å². The molecule has 0 saturated carbocycles. The zero-order valence-corrected chi connectivity index (χ0v) is 27.7. The first-order valence-electron chi connectivity index (χ1n) is 17.0. The smallest absolute Gasteiger partial charge is 0.246 e. The second-order valence-corrected chi connectivity index (χ2v) is 12.4. The number of nitrogens with one attached hydrogen (secondary N) is 1. The van der Waals surface area contributed by atoms with Crippen LogP contribution in [0.1, 0.15) is 25.3 Å². The molecule has 0 fully saturated rings. The summed E-state index contributed by atoms with van der Waals surface area (Å²) in [5.41, 5.74) is 0.108. The number of carbonyl (C=O) groups excluding carboxylic acids is 1. The molecule has 7 rings (SSSR count). The molecule has 1 aliphatic rings. The van der Waals surface area contributed by atoms with Gasteiger partial charge in [-0.1, -0.05) is 92.2 Å². The summed E-state index contributed by atoms with van der Waals surface area (Å²) in [6, 6.07) is 34.3. The minimum atomic E-state index is -0.945. The van der Waals surface area contributed by atoms with Crippen LogP contribution in [0.3, 0.4) is 0 Å². The molecular weight excluding hydrogens is 618 g/mol. The van der Waals surface area contributed by atoms with Gasteiger partial charge in [-0.25, -0.2) is 0 Å². The number of rotatable bonds is 7. The molecule has 252 valence electrons. The summed E-state index contributed by atoms with van der Waals surface area (Å²) in [7, 11) is 0. The minimum Gasteiger partial charge on any atom is -0.487 e. The molecule has 0 unspecified atom stereocenters. The zero-order chi connectivity index (χ0) is 33.5. The molecule has 8 heteroatoms. The van der Waals surface area contributed by atoms with Gasteiger partial charge >= 0.3 is 0 Å². The van der Waals surface area contributed by atoms with Crippen LogP contribution in [0.2, 0.25) is 0 Å². The lowest BCUT2D eigenvalue weighted by Gasteiger charge is -2.33. The van der Waals surface area contributed by atoms with E-state index in [0.29, 0.717) is 62.4 Å². The van der Waals surface area contributed by atoms with Gasteiger partial charge in [-0.05, 0) is 68.6 Å². The van der Waals surface area contributed by atoms with Crippen molar-refractivity contribution in [2.24, 2.45) is 0 Å². The van der Waals surface area contributed by atoms with Crippen molar-refractivity contribution in [3.05, 3.63) is 109 Å². The summed E-state index contributed by atoms with van der Waals surface area (Å²) in [4.78, 5) is 13.4. The quantitative estimate of drug-likeness (QED) is 0.176. The van der Waals surface area contributed by atoms with E-state index < -0.39 is 5.60 Å². The van der Waals surface area contributed by atoms with Crippen molar-refractivity contribution in [1.29, 1.82) is 0 Å². The second kappa shape index (κ2) is 15.0. The summed E-state index contributed by atoms with van der Waals surface area (Å²) < 4.78 is 36.9. The number of fused-ring (bicyclic) bond motifs is 2. The first-order valence-corrected chi connectivity index (χ1v) is 17.0. The van der Waals surface area contributed by atoms with Crippen LogP contribution in [0.5, 0.6) is 23.0 Å². The fourth-order valence-corrected chi connectivity index (χ4v) is 6.53. The Balaban J connectivity index is 1.10. The van der Waals surface area contributed by atoms with E-state index in [1.165, 1.54) is 26.9 Å². The Bertz CT molecular complexity index is 1950. The van der Waals surface area contributed by atoms with E-state index in [9.17, 15) is 4.79 Å². The van der Waals surface area contributed by atoms with Gasteiger partial charge in [0.25, 0.3) is 0 Å². The number of ether oxygens (including phenoxy) is 6. The molecule has 1 N–H and O–H groups in total. The highest BCUT2D eigenvalue weighted by Crippen LogP contribution is 2.36. The van der Waals surface area contributed by atoms with Gasteiger partial charge in [-0.15, -0.1) is 0 Å². The maximum Gasteiger partial charge on any atom is 0.246 e. The highest BCUT2D eigenvalue weighted by atomic mass is 16.6. The zero-order valence-electron chi connectivity index (χ0n) is 27.7. The van der Waals surface area contributed by atoms with Crippen LogP contribution in [0.15, 0.2) is 103 Å². The van der Waals surface area contributed by atoms with E-state index in [4.69, 9.17) is 28.4 Å². The summed E-state index contributed by atoms with van der Waals surface area (Å²) in [5.74, 6) is 2.16. The van der Waals surface area contributed by atoms with Gasteiger partial charge in [0.1, 0.15) is 38.6 Å². The number of benzene rings is 6. The van der Waals surface area contributed by atoms with Crippen LogP contribution in [0, 0.1) is 0 Å². The molecule has 1 amide bonds. The Morgan fingerprint density at radius 2 is 1.20 bits per heavy atom. The van der Waals surface area contributed by atoms with Crippen LogP contribution in [0.25, 0.3) is 32.3 Å². The molecule has 0 atom stereocenters. The minimum absolute atomic E-state index is 0.142. The molecule has 1 heterocycles. The number of amides is 1. The summed E-state index contributed by atoms with van der Waals surface area (Å²) >= 11 is 0. The molecule has 6 aromatic rings. The Kier molecular flexibility index (Phi) is 9.96. The first-order chi connectivity index (χ1) is 24.1. The summed E-state index contributed by atoms with van der Waals surface area (Å²) in [5, 5.41) is 10.3. The van der Waals surface area contributed by atoms with Crippen molar-refractivity contribution in [1.82, 2.24) is 5.32 Å². The predicted octanol–water partition coefficient (Wildman–Crippen LogP) is 7.70. The van der Waals surface area contributed by atoms with Crippen molar-refractivity contribution in [2.75, 3.05) is 46.2 Å². The molecule has 8 nitrogen and oxygen atoms in total. The standard InChI is InChI=1S/C41H41NO7/c1-2-20-41(27-47-36-12-5-3-10-34(36)45-23-21-44-22-24-46-35-11-4-6-13-37(35)48-28-41)49-26-38(43)42-25-32-17-16-31-15-14-29-8-7-9-30-18-19-33(32)40(31)39(29)30/h3-19H,2,20-28H2,1H3,(H,42,43). The van der Waals surface area contributed by atoms with Gasteiger partial charge in [0.05, 0.1) is 13.2 Å². The molecule has 0 aliphatic carbocycles. The Morgan fingerprint density at radius 3 is 1.82 bits per heavy atom. The molecule has 0 spiro atoms. The molecule has 0 bridgehead atoms. The number of carbonyl (C=O) groups is 1. The Hall–Kier alpha value is -5.05. The Labute approximate surface area is 286 Å². The molecule has 1 aliphatic heterocycles. The average molecular weight is 660 g/mol. The van der Waals surface area contributed by atoms with Crippen molar-refractivity contribution in [3.8, 4) is 23.0 Å². The van der Waals surface area contributed by atoms with Gasteiger partial charge in [0.2, 0.25) is 5.91 Å². The monoisotopic (exact) mass is 659 g/mol. The first kappa shape index (κ1) is 32.5. The van der Waals surface area contributed by atoms with Gasteiger partial charge in [0, 0.05) is 6.54 Å². The van der Waals surface area contributed by atoms with E-state index in [-0.39, 0.29) is 25.7 Å². The van der Waals surface area contributed by atoms with Crippen LogP contribution in [-0.4, -0.2) is 57.8 Å². The molecular formula is C41H41NO7. The number of hydrogen-bond acceptors (Lipinski definition) is 7. The van der Waals surface area contributed by atoms with E-state index in [2.05, 4.69) is 66.8 Å². The van der Waals surface area contributed by atoms with E-state index in [1.807, 2.05) is 48.5 Å². The Morgan fingerprint density at radius 1 is 0.653 bits per heavy atom. The van der Waals surface area contributed by atoms with Gasteiger partial charge in [-0.3, -0.25) is 4.79 Å². The van der Waals surface area contributed by atoms with Crippen LogP contribution < -0.4 is 24.3 Å². The third kappa shape index (κ3) is 7.36. The van der Waals surface area contributed by atoms with E-state index in [0.717, 1.165) is 17.4 Å². The van der Waals surface area contributed by atoms with Crippen molar-refractivity contribution in [2.45, 2.75) is 31.9 Å². The molecule has 0 aromatic heterocycles. The van der Waals surface area contributed by atoms with Crippen molar-refractivity contribution >= 4 is 38.2 Å².